The summed E-state index contributed by atoms with van der Waals surface area (Å²) >= 11 is 6.13. The van der Waals surface area contributed by atoms with Crippen LogP contribution in [0.15, 0.2) is 18.2 Å². The monoisotopic (exact) mass is 269 g/mol. The quantitative estimate of drug-likeness (QED) is 0.886. The zero-order valence-electron chi connectivity index (χ0n) is 10.5. The molecule has 2 rings (SSSR count). The first-order chi connectivity index (χ1) is 8.76. The van der Waals surface area contributed by atoms with E-state index in [1.165, 1.54) is 12.8 Å². The molecule has 2 N–H and O–H groups in total. The van der Waals surface area contributed by atoms with Crippen LogP contribution >= 0.6 is 11.6 Å². The van der Waals surface area contributed by atoms with Crippen LogP contribution in [0.1, 0.15) is 31.2 Å². The number of aliphatic hydroxyl groups is 2. The Morgan fingerprint density at radius 3 is 2.72 bits per heavy atom. The summed E-state index contributed by atoms with van der Waals surface area (Å²) in [5, 5.41) is 19.2. The Kier molecular flexibility index (Phi) is 4.87. The second-order valence-corrected chi connectivity index (χ2v) is 5.22. The summed E-state index contributed by atoms with van der Waals surface area (Å²) in [6.45, 7) is 1.10. The summed E-state index contributed by atoms with van der Waals surface area (Å²) in [6.07, 6.45) is 4.56. The van der Waals surface area contributed by atoms with Gasteiger partial charge >= 0.3 is 0 Å². The largest absolute Gasteiger partial charge is 0.394 e. The van der Waals surface area contributed by atoms with Gasteiger partial charge in [-0.25, -0.2) is 0 Å². The zero-order valence-corrected chi connectivity index (χ0v) is 11.2. The Bertz CT molecular complexity index is 397. The van der Waals surface area contributed by atoms with Gasteiger partial charge in [0.15, 0.2) is 0 Å². The molecule has 1 aromatic carbocycles. The number of aliphatic hydroxyl groups excluding tert-OH is 2. The Balaban J connectivity index is 2.24. The Hall–Kier alpha value is -0.770. The van der Waals surface area contributed by atoms with E-state index in [4.69, 9.17) is 16.7 Å². The van der Waals surface area contributed by atoms with Gasteiger partial charge in [0, 0.05) is 17.3 Å². The third kappa shape index (κ3) is 2.97. The van der Waals surface area contributed by atoms with E-state index in [9.17, 15) is 5.11 Å². The average Bonchev–Trinajstić information content (AvgIpc) is 2.63. The molecular formula is C14H20ClNO2. The van der Waals surface area contributed by atoms with Crippen LogP contribution < -0.4 is 4.90 Å². The summed E-state index contributed by atoms with van der Waals surface area (Å²) in [5.74, 6) is 0. The van der Waals surface area contributed by atoms with Crippen LogP contribution in [0.25, 0.3) is 0 Å². The van der Waals surface area contributed by atoms with Crippen LogP contribution in [0.5, 0.6) is 0 Å². The van der Waals surface area contributed by atoms with Gasteiger partial charge in [-0.1, -0.05) is 30.5 Å². The van der Waals surface area contributed by atoms with Crippen LogP contribution in [0.2, 0.25) is 5.02 Å². The SMILES string of the molecule is OCc1ccc(N2CCCCCC2CO)cc1Cl. The second-order valence-electron chi connectivity index (χ2n) is 4.81. The van der Waals surface area contributed by atoms with Crippen LogP contribution in [-0.4, -0.2) is 29.4 Å². The molecule has 1 aliphatic rings. The first kappa shape index (κ1) is 13.7. The molecule has 0 radical (unpaired) electrons. The number of hydrogen-bond donors (Lipinski definition) is 2. The third-order valence-electron chi connectivity index (χ3n) is 3.63. The van der Waals surface area contributed by atoms with Crippen LogP contribution in [0.3, 0.4) is 0 Å². The van der Waals surface area contributed by atoms with Gasteiger partial charge in [0.25, 0.3) is 0 Å². The number of nitrogens with zero attached hydrogens (tertiary/aromatic N) is 1. The van der Waals surface area contributed by atoms with Crippen molar-refractivity contribution in [3.8, 4) is 0 Å². The van der Waals surface area contributed by atoms with Crippen molar-refractivity contribution in [3.05, 3.63) is 28.8 Å². The minimum Gasteiger partial charge on any atom is -0.394 e. The van der Waals surface area contributed by atoms with Crippen molar-refractivity contribution in [2.75, 3.05) is 18.1 Å². The molecule has 1 fully saturated rings. The van der Waals surface area contributed by atoms with E-state index < -0.39 is 0 Å². The maximum Gasteiger partial charge on any atom is 0.0696 e. The molecule has 1 unspecified atom stereocenters. The van der Waals surface area contributed by atoms with Gasteiger partial charge in [-0.15, -0.1) is 0 Å². The molecule has 1 aromatic rings. The molecular weight excluding hydrogens is 250 g/mol. The van der Waals surface area contributed by atoms with Crippen molar-refractivity contribution in [1.29, 1.82) is 0 Å². The number of anilines is 1. The Labute approximate surface area is 113 Å². The molecule has 1 heterocycles. The normalized spacial score (nSPS) is 20.8. The molecule has 0 amide bonds. The van der Waals surface area contributed by atoms with Crippen molar-refractivity contribution in [3.63, 3.8) is 0 Å². The Morgan fingerprint density at radius 2 is 2.06 bits per heavy atom. The number of benzene rings is 1. The van der Waals surface area contributed by atoms with Crippen molar-refractivity contribution in [2.45, 2.75) is 38.3 Å². The number of hydrogen-bond acceptors (Lipinski definition) is 3. The molecule has 0 aromatic heterocycles. The summed E-state index contributed by atoms with van der Waals surface area (Å²) in [6, 6.07) is 5.91. The van der Waals surface area contributed by atoms with Crippen LogP contribution in [0, 0.1) is 0 Å². The molecule has 0 saturated carbocycles. The van der Waals surface area contributed by atoms with Crippen molar-refractivity contribution in [1.82, 2.24) is 0 Å². The number of halogens is 1. The van der Waals surface area contributed by atoms with E-state index in [1.807, 2.05) is 18.2 Å². The fourth-order valence-corrected chi connectivity index (χ4v) is 2.78. The molecule has 0 bridgehead atoms. The predicted molar refractivity (Wildman–Crippen MR) is 74.1 cm³/mol. The first-order valence-electron chi connectivity index (χ1n) is 6.53. The predicted octanol–water partition coefficient (Wildman–Crippen LogP) is 2.57. The van der Waals surface area contributed by atoms with Crippen molar-refractivity contribution in [2.24, 2.45) is 0 Å². The van der Waals surface area contributed by atoms with Gasteiger partial charge in [-0.05, 0) is 30.5 Å². The van der Waals surface area contributed by atoms with Crippen LogP contribution in [-0.2, 0) is 6.61 Å². The molecule has 0 aliphatic carbocycles. The average molecular weight is 270 g/mol. The molecule has 4 heteroatoms. The van der Waals surface area contributed by atoms with Crippen LogP contribution in [0.4, 0.5) is 5.69 Å². The summed E-state index contributed by atoms with van der Waals surface area (Å²) in [4.78, 5) is 2.24. The standard InChI is InChI=1S/C14H20ClNO2/c15-14-8-12(6-5-11(14)9-17)16-7-3-1-2-4-13(16)10-18/h5-6,8,13,17-18H,1-4,7,9-10H2. The lowest BCUT2D eigenvalue weighted by Gasteiger charge is -2.31. The maximum atomic E-state index is 9.50. The minimum absolute atomic E-state index is 0.0391. The topological polar surface area (TPSA) is 43.7 Å². The highest BCUT2D eigenvalue weighted by Gasteiger charge is 2.21. The Morgan fingerprint density at radius 1 is 1.22 bits per heavy atom. The van der Waals surface area contributed by atoms with Gasteiger partial charge in [0.2, 0.25) is 0 Å². The fraction of sp³-hybridized carbons (Fsp3) is 0.571. The third-order valence-corrected chi connectivity index (χ3v) is 3.98. The van der Waals surface area contributed by atoms with Gasteiger partial charge < -0.3 is 15.1 Å². The summed E-state index contributed by atoms with van der Waals surface area (Å²) in [7, 11) is 0. The summed E-state index contributed by atoms with van der Waals surface area (Å²) in [5.41, 5.74) is 1.79. The highest BCUT2D eigenvalue weighted by atomic mass is 35.5. The van der Waals surface area contributed by atoms with E-state index in [-0.39, 0.29) is 19.3 Å². The molecule has 3 nitrogen and oxygen atoms in total. The van der Waals surface area contributed by atoms with Gasteiger partial charge in [-0.3, -0.25) is 0 Å². The highest BCUT2D eigenvalue weighted by Crippen LogP contribution is 2.28. The lowest BCUT2D eigenvalue weighted by Crippen LogP contribution is -2.37. The maximum absolute atomic E-state index is 9.50. The minimum atomic E-state index is -0.0391. The molecule has 0 spiro atoms. The zero-order chi connectivity index (χ0) is 13.0. The first-order valence-corrected chi connectivity index (χ1v) is 6.91. The smallest absolute Gasteiger partial charge is 0.0696 e. The molecule has 1 atom stereocenters. The van der Waals surface area contributed by atoms with E-state index >= 15 is 0 Å². The van der Waals surface area contributed by atoms with E-state index in [0.717, 1.165) is 30.6 Å². The fourth-order valence-electron chi connectivity index (χ4n) is 2.55. The van der Waals surface area contributed by atoms with Gasteiger partial charge in [-0.2, -0.15) is 0 Å². The molecule has 18 heavy (non-hydrogen) atoms. The molecule has 1 aliphatic heterocycles. The molecule has 1 saturated heterocycles. The lowest BCUT2D eigenvalue weighted by atomic mass is 10.1. The van der Waals surface area contributed by atoms with E-state index in [1.54, 1.807) is 0 Å². The van der Waals surface area contributed by atoms with E-state index in [2.05, 4.69) is 4.90 Å². The van der Waals surface area contributed by atoms with Gasteiger partial charge in [0.1, 0.15) is 0 Å². The summed E-state index contributed by atoms with van der Waals surface area (Å²) < 4.78 is 0. The van der Waals surface area contributed by atoms with Crippen molar-refractivity contribution >= 4 is 17.3 Å². The van der Waals surface area contributed by atoms with Crippen molar-refractivity contribution < 1.29 is 10.2 Å². The van der Waals surface area contributed by atoms with E-state index in [0.29, 0.717) is 5.02 Å². The molecule has 100 valence electrons. The second kappa shape index (κ2) is 6.41. The lowest BCUT2D eigenvalue weighted by molar-refractivity contribution is 0.255. The van der Waals surface area contributed by atoms with Gasteiger partial charge in [0.05, 0.1) is 19.3 Å². The number of rotatable bonds is 3. The highest BCUT2D eigenvalue weighted by molar-refractivity contribution is 6.31.